The number of carbonyl (C=O) groups is 3. The summed E-state index contributed by atoms with van der Waals surface area (Å²) in [6.45, 7) is 4.54. The highest BCUT2D eigenvalue weighted by Crippen LogP contribution is 2.36. The van der Waals surface area contributed by atoms with Crippen molar-refractivity contribution in [2.24, 2.45) is 9.98 Å². The Morgan fingerprint density at radius 3 is 2.59 bits per heavy atom. The normalized spacial score (nSPS) is 16.9. The van der Waals surface area contributed by atoms with Gasteiger partial charge < -0.3 is 20.1 Å². The molecule has 6 rings (SSSR count). The molecule has 10 nitrogen and oxygen atoms in total. The summed E-state index contributed by atoms with van der Waals surface area (Å²) in [5.41, 5.74) is 4.23. The summed E-state index contributed by atoms with van der Waals surface area (Å²) in [4.78, 5) is 50.8. The third-order valence-electron chi connectivity index (χ3n) is 7.66. The van der Waals surface area contributed by atoms with Crippen molar-refractivity contribution in [3.05, 3.63) is 83.4 Å². The Morgan fingerprint density at radius 1 is 1.02 bits per heavy atom. The summed E-state index contributed by atoms with van der Waals surface area (Å²) in [5, 5.41) is 5.82. The molecular formula is C33H33N5O5S. The molecule has 0 spiro atoms. The molecular weight excluding hydrogens is 578 g/mol. The highest BCUT2D eigenvalue weighted by Gasteiger charge is 2.42. The fraction of sp³-hybridized carbons (Fsp3) is 0.303. The van der Waals surface area contributed by atoms with E-state index < -0.39 is 11.3 Å². The molecule has 0 bridgehead atoms. The lowest BCUT2D eigenvalue weighted by Gasteiger charge is -2.27. The van der Waals surface area contributed by atoms with Crippen LogP contribution < -0.4 is 20.1 Å². The summed E-state index contributed by atoms with van der Waals surface area (Å²) in [6.07, 6.45) is 1.83. The van der Waals surface area contributed by atoms with E-state index in [0.29, 0.717) is 41.2 Å². The molecule has 0 radical (unpaired) electrons. The second-order valence-corrected chi connectivity index (χ2v) is 11.8. The lowest BCUT2D eigenvalue weighted by molar-refractivity contribution is -0.125. The number of hydrogen-bond donors (Lipinski definition) is 2. The van der Waals surface area contributed by atoms with Crippen molar-refractivity contribution in [1.29, 1.82) is 0 Å². The standard InChI is InChI=1S/C33H33N5O5S/c1-3-20-9-12-22(13-10-20)35-31(40)28(4-2)44-33-37-24-8-6-5-7-23(24)30-36-25(32(41)38(30)33)14-16-29(39)34-18-21-11-15-26-27(17-21)43-19-42-26/h5-13,15,17,25,28H,3-4,14,16,18-19H2,1-2H3,(H,34,39)(H,35,40). The molecule has 3 aliphatic rings. The Hall–Kier alpha value is -4.64. The number of fused-ring (bicyclic) bond motifs is 4. The number of benzene rings is 3. The van der Waals surface area contributed by atoms with E-state index >= 15 is 0 Å². The first-order valence-corrected chi connectivity index (χ1v) is 15.6. The van der Waals surface area contributed by atoms with Gasteiger partial charge in [0.05, 0.1) is 10.9 Å². The number of aryl methyl sites for hydroxylation is 1. The fourth-order valence-electron chi connectivity index (χ4n) is 5.17. The van der Waals surface area contributed by atoms with Crippen molar-refractivity contribution in [3.63, 3.8) is 0 Å². The van der Waals surface area contributed by atoms with Gasteiger partial charge in [0.1, 0.15) is 11.9 Å². The number of para-hydroxylation sites is 1. The van der Waals surface area contributed by atoms with Gasteiger partial charge in [-0.1, -0.05) is 55.9 Å². The molecule has 11 heteroatoms. The molecule has 0 saturated heterocycles. The maximum absolute atomic E-state index is 13.7. The van der Waals surface area contributed by atoms with Crippen molar-refractivity contribution in [2.45, 2.75) is 57.4 Å². The first kappa shape index (κ1) is 29.4. The number of rotatable bonds is 10. The van der Waals surface area contributed by atoms with Gasteiger partial charge in [0.2, 0.25) is 18.6 Å². The molecule has 0 aliphatic carbocycles. The third kappa shape index (κ3) is 6.19. The largest absolute Gasteiger partial charge is 0.454 e. The Kier molecular flexibility index (Phi) is 8.65. The summed E-state index contributed by atoms with van der Waals surface area (Å²) in [7, 11) is 0. The van der Waals surface area contributed by atoms with Gasteiger partial charge in [0.25, 0.3) is 5.91 Å². The number of amides is 3. The van der Waals surface area contributed by atoms with Crippen LogP contribution in [-0.4, -0.2) is 51.7 Å². The molecule has 2 atom stereocenters. The smallest absolute Gasteiger partial charge is 0.259 e. The molecule has 2 N–H and O–H groups in total. The van der Waals surface area contributed by atoms with Crippen molar-refractivity contribution >= 4 is 51.9 Å². The van der Waals surface area contributed by atoms with E-state index in [1.54, 1.807) is 0 Å². The second kappa shape index (κ2) is 12.9. The number of anilines is 1. The SMILES string of the molecule is CCc1ccc(NC(=O)C(CC)SC2=Nc3ccccc3C3=NC(CCC(=O)NCc4ccc5c(c4)OCO5)C(=O)N23)cc1. The third-order valence-corrected chi connectivity index (χ3v) is 8.98. The van der Waals surface area contributed by atoms with Crippen LogP contribution in [0.3, 0.4) is 0 Å². The van der Waals surface area contributed by atoms with Crippen LogP contribution in [0.25, 0.3) is 0 Å². The van der Waals surface area contributed by atoms with Crippen molar-refractivity contribution in [3.8, 4) is 11.5 Å². The Labute approximate surface area is 259 Å². The lowest BCUT2D eigenvalue weighted by atomic mass is 10.1. The minimum absolute atomic E-state index is 0.129. The molecule has 3 aromatic rings. The molecule has 44 heavy (non-hydrogen) atoms. The molecule has 3 heterocycles. The van der Waals surface area contributed by atoms with Crippen LogP contribution in [-0.2, 0) is 27.3 Å². The Balaban J connectivity index is 1.12. The first-order chi connectivity index (χ1) is 21.4. The fourth-order valence-corrected chi connectivity index (χ4v) is 6.19. The monoisotopic (exact) mass is 611 g/mol. The van der Waals surface area contributed by atoms with E-state index in [0.717, 1.165) is 23.2 Å². The van der Waals surface area contributed by atoms with E-state index in [2.05, 4.69) is 17.6 Å². The highest BCUT2D eigenvalue weighted by molar-refractivity contribution is 8.15. The van der Waals surface area contributed by atoms with Crippen LogP contribution in [0.1, 0.15) is 49.8 Å². The van der Waals surface area contributed by atoms with Gasteiger partial charge in [-0.3, -0.25) is 19.4 Å². The number of hydrogen-bond acceptors (Lipinski definition) is 8. The van der Waals surface area contributed by atoms with E-state index in [1.165, 1.54) is 22.2 Å². The number of amidine groups is 2. The lowest BCUT2D eigenvalue weighted by Crippen LogP contribution is -2.42. The maximum atomic E-state index is 13.7. The van der Waals surface area contributed by atoms with Gasteiger partial charge in [0, 0.05) is 24.2 Å². The number of nitrogens with zero attached hydrogens (tertiary/aromatic N) is 3. The van der Waals surface area contributed by atoms with Crippen molar-refractivity contribution in [1.82, 2.24) is 10.2 Å². The summed E-state index contributed by atoms with van der Waals surface area (Å²) < 4.78 is 10.7. The van der Waals surface area contributed by atoms with Crippen molar-refractivity contribution < 1.29 is 23.9 Å². The maximum Gasteiger partial charge on any atom is 0.259 e. The van der Waals surface area contributed by atoms with Gasteiger partial charge in [0.15, 0.2) is 16.7 Å². The number of aliphatic imine (C=N–C) groups is 2. The van der Waals surface area contributed by atoms with E-state index in [-0.39, 0.29) is 37.4 Å². The van der Waals surface area contributed by atoms with Crippen LogP contribution in [0.15, 0.2) is 76.7 Å². The number of ether oxygens (including phenoxy) is 2. The minimum atomic E-state index is -0.732. The molecule has 226 valence electrons. The molecule has 2 unspecified atom stereocenters. The summed E-state index contributed by atoms with van der Waals surface area (Å²) in [5.74, 6) is 1.24. The van der Waals surface area contributed by atoms with E-state index in [1.807, 2.05) is 73.7 Å². The number of nitrogens with one attached hydrogen (secondary N) is 2. The molecule has 3 aromatic carbocycles. The van der Waals surface area contributed by atoms with Gasteiger partial charge >= 0.3 is 0 Å². The van der Waals surface area contributed by atoms with Crippen LogP contribution in [0.5, 0.6) is 11.5 Å². The number of carbonyl (C=O) groups excluding carboxylic acids is 3. The molecule has 0 fully saturated rings. The van der Waals surface area contributed by atoms with Gasteiger partial charge in [-0.25, -0.2) is 9.89 Å². The minimum Gasteiger partial charge on any atom is -0.454 e. The number of thioether (sulfide) groups is 1. The summed E-state index contributed by atoms with van der Waals surface area (Å²) >= 11 is 1.25. The average molecular weight is 612 g/mol. The predicted molar refractivity (Wildman–Crippen MR) is 170 cm³/mol. The van der Waals surface area contributed by atoms with E-state index in [9.17, 15) is 14.4 Å². The van der Waals surface area contributed by atoms with Gasteiger partial charge in [-0.15, -0.1) is 0 Å². The zero-order valence-electron chi connectivity index (χ0n) is 24.5. The van der Waals surface area contributed by atoms with Crippen LogP contribution >= 0.6 is 11.8 Å². The first-order valence-electron chi connectivity index (χ1n) is 14.7. The zero-order chi connectivity index (χ0) is 30.6. The molecule has 0 saturated carbocycles. The average Bonchev–Trinajstić information content (AvgIpc) is 3.65. The second-order valence-electron chi connectivity index (χ2n) is 10.6. The topological polar surface area (TPSA) is 122 Å². The highest BCUT2D eigenvalue weighted by atomic mass is 32.2. The predicted octanol–water partition coefficient (Wildman–Crippen LogP) is 5.18. The molecule has 3 aliphatic heterocycles. The Morgan fingerprint density at radius 2 is 1.80 bits per heavy atom. The van der Waals surface area contributed by atoms with Crippen LogP contribution in [0, 0.1) is 0 Å². The zero-order valence-corrected chi connectivity index (χ0v) is 25.4. The Bertz CT molecular complexity index is 1650. The molecule has 0 aromatic heterocycles. The van der Waals surface area contributed by atoms with Gasteiger partial charge in [-0.2, -0.15) is 0 Å². The quantitative estimate of drug-likeness (QED) is 0.326. The summed E-state index contributed by atoms with van der Waals surface area (Å²) in [6, 6.07) is 20.1. The van der Waals surface area contributed by atoms with Crippen LogP contribution in [0.2, 0.25) is 0 Å². The van der Waals surface area contributed by atoms with Gasteiger partial charge in [-0.05, 0) is 66.8 Å². The molecule has 3 amide bonds. The van der Waals surface area contributed by atoms with E-state index in [4.69, 9.17) is 19.5 Å². The van der Waals surface area contributed by atoms with Crippen molar-refractivity contribution in [2.75, 3.05) is 12.1 Å². The van der Waals surface area contributed by atoms with Crippen LogP contribution in [0.4, 0.5) is 11.4 Å².